The van der Waals surface area contributed by atoms with Gasteiger partial charge < -0.3 is 19.3 Å². The number of aromatic nitrogens is 1. The van der Waals surface area contributed by atoms with Crippen molar-refractivity contribution in [3.05, 3.63) is 259 Å². The van der Waals surface area contributed by atoms with Gasteiger partial charge in [0.05, 0.1) is 22.4 Å². The summed E-state index contributed by atoms with van der Waals surface area (Å²) < 4.78 is 2.48. The number of fused-ring (bicyclic) bond motifs is 15. The van der Waals surface area contributed by atoms with Crippen LogP contribution < -0.4 is 31.1 Å². The predicted molar refractivity (Wildman–Crippen MR) is 326 cm³/mol. The number of benzene rings is 10. The first-order chi connectivity index (χ1) is 37.8. The van der Waals surface area contributed by atoms with Gasteiger partial charge in [0.1, 0.15) is 0 Å². The Morgan fingerprint density at radius 1 is 0.455 bits per heavy atom. The highest BCUT2D eigenvalue weighted by Gasteiger charge is 2.50. The molecule has 0 saturated carbocycles. The lowest BCUT2D eigenvalue weighted by molar-refractivity contribution is 0.660. The van der Waals surface area contributed by atoms with Crippen molar-refractivity contribution >= 4 is 102 Å². The zero-order chi connectivity index (χ0) is 51.3. The maximum Gasteiger partial charge on any atom is 0.252 e. The highest BCUT2D eigenvalue weighted by atomic mass is 15.2. The second kappa shape index (κ2) is 16.2. The van der Waals surface area contributed by atoms with Gasteiger partial charge in [-0.05, 0) is 135 Å². The van der Waals surface area contributed by atoms with Gasteiger partial charge in [-0.3, -0.25) is 0 Å². The topological polar surface area (TPSA) is 14.7 Å². The summed E-state index contributed by atoms with van der Waals surface area (Å²) in [6, 6.07) is 82.7. The summed E-state index contributed by atoms with van der Waals surface area (Å²) in [5, 5.41) is 2.45. The van der Waals surface area contributed by atoms with Gasteiger partial charge in [0.2, 0.25) is 0 Å². The van der Waals surface area contributed by atoms with E-state index in [2.05, 4.69) is 284 Å². The van der Waals surface area contributed by atoms with E-state index in [1.807, 2.05) is 0 Å². The van der Waals surface area contributed by atoms with Crippen LogP contribution in [0.5, 0.6) is 0 Å². The number of nitrogens with zero attached hydrogens (tertiary/aromatic N) is 4. The molecule has 5 heteroatoms. The maximum atomic E-state index is 2.64. The number of anilines is 9. The Labute approximate surface area is 451 Å². The molecule has 2 aliphatic heterocycles. The van der Waals surface area contributed by atoms with E-state index in [9.17, 15) is 0 Å². The van der Waals surface area contributed by atoms with Crippen molar-refractivity contribution in [2.45, 2.75) is 51.4 Å². The van der Waals surface area contributed by atoms with Gasteiger partial charge in [-0.2, -0.15) is 0 Å². The minimum Gasteiger partial charge on any atom is -0.311 e. The van der Waals surface area contributed by atoms with Crippen molar-refractivity contribution in [1.82, 2.24) is 4.57 Å². The van der Waals surface area contributed by atoms with Crippen LogP contribution in [-0.4, -0.2) is 11.3 Å². The summed E-state index contributed by atoms with van der Waals surface area (Å²) in [5.74, 6) is 0. The molecule has 0 N–H and O–H groups in total. The van der Waals surface area contributed by atoms with E-state index < -0.39 is 0 Å². The predicted octanol–water partition coefficient (Wildman–Crippen LogP) is 17.2. The van der Waals surface area contributed by atoms with Crippen LogP contribution in [0.4, 0.5) is 51.2 Å². The number of rotatable bonds is 6. The monoisotopic (exact) mass is 986 g/mol. The van der Waals surface area contributed by atoms with E-state index >= 15 is 0 Å². The van der Waals surface area contributed by atoms with Crippen LogP contribution in [0.2, 0.25) is 0 Å². The minimum absolute atomic E-state index is 0.0928. The van der Waals surface area contributed by atoms with Crippen molar-refractivity contribution < 1.29 is 0 Å². The molecule has 0 saturated heterocycles. The van der Waals surface area contributed by atoms with E-state index in [1.165, 1.54) is 111 Å². The van der Waals surface area contributed by atoms with E-state index in [4.69, 9.17) is 0 Å². The Balaban J connectivity index is 1.08. The molecule has 77 heavy (non-hydrogen) atoms. The molecule has 11 aromatic rings. The van der Waals surface area contributed by atoms with Crippen LogP contribution >= 0.6 is 0 Å². The summed E-state index contributed by atoms with van der Waals surface area (Å²) in [7, 11) is 0. The molecule has 0 spiro atoms. The van der Waals surface area contributed by atoms with Crippen molar-refractivity contribution in [2.24, 2.45) is 0 Å². The van der Waals surface area contributed by atoms with Gasteiger partial charge in [-0.25, -0.2) is 0 Å². The highest BCUT2D eigenvalue weighted by molar-refractivity contribution is 7.00. The Hall–Kier alpha value is -9.06. The van der Waals surface area contributed by atoms with Crippen molar-refractivity contribution in [3.8, 4) is 22.3 Å². The molecule has 1 aromatic heterocycles. The first-order valence-electron chi connectivity index (χ1n) is 27.5. The fraction of sp³-hybridized carbons (Fsp3) is 0.111. The van der Waals surface area contributed by atoms with Gasteiger partial charge in [0.15, 0.2) is 0 Å². The quantitative estimate of drug-likeness (QED) is 0.154. The average molecular weight is 987 g/mol. The number of allylic oxidation sites excluding steroid dienone is 4. The van der Waals surface area contributed by atoms with Gasteiger partial charge in [-0.1, -0.05) is 192 Å². The lowest BCUT2D eigenvalue weighted by Crippen LogP contribution is -2.61. The van der Waals surface area contributed by atoms with Gasteiger partial charge in [0.25, 0.3) is 6.71 Å². The number of para-hydroxylation sites is 4. The van der Waals surface area contributed by atoms with Gasteiger partial charge in [0, 0.05) is 78.2 Å². The lowest BCUT2D eigenvalue weighted by Gasteiger charge is -2.46. The van der Waals surface area contributed by atoms with Crippen LogP contribution in [0.1, 0.15) is 62.8 Å². The highest BCUT2D eigenvalue weighted by Crippen LogP contribution is 2.59. The SMILES string of the molecule is CC1(C)c2ccccc2-c2c1ccc1c2N(c2ccccc2)c2cc(N(c3ccccc3)c3cccc4c3c3ccccc3n4C3=CCCC=C3)cc3c2B1c1ccc2c(c1N3c1ccccc1)-c1ccccc1C2(C)C. The third-order valence-electron chi connectivity index (χ3n) is 17.9. The van der Waals surface area contributed by atoms with Crippen LogP contribution in [0.15, 0.2) is 237 Å². The van der Waals surface area contributed by atoms with Crippen LogP contribution in [0.3, 0.4) is 0 Å². The van der Waals surface area contributed by atoms with Crippen LogP contribution in [0.25, 0.3) is 49.8 Å². The molecule has 3 aliphatic carbocycles. The molecule has 0 atom stereocenters. The Morgan fingerprint density at radius 3 is 1.55 bits per heavy atom. The third kappa shape index (κ3) is 6.06. The molecule has 4 nitrogen and oxygen atoms in total. The molecule has 16 rings (SSSR count). The van der Waals surface area contributed by atoms with Crippen LogP contribution in [0, 0.1) is 0 Å². The Bertz CT molecular complexity index is 4170. The summed E-state index contributed by atoms with van der Waals surface area (Å²) in [5.41, 5.74) is 28.4. The molecule has 0 amide bonds. The summed E-state index contributed by atoms with van der Waals surface area (Å²) in [6.45, 7) is 9.56. The maximum absolute atomic E-state index is 2.64. The normalized spacial score (nSPS) is 15.6. The molecule has 10 aromatic carbocycles. The molecule has 0 fully saturated rings. The van der Waals surface area contributed by atoms with E-state index in [0.717, 1.165) is 41.3 Å². The van der Waals surface area contributed by atoms with Gasteiger partial charge >= 0.3 is 0 Å². The summed E-state index contributed by atoms with van der Waals surface area (Å²) >= 11 is 0. The first kappa shape index (κ1) is 44.3. The largest absolute Gasteiger partial charge is 0.311 e. The fourth-order valence-corrected chi connectivity index (χ4v) is 14.6. The van der Waals surface area contributed by atoms with Crippen molar-refractivity contribution in [3.63, 3.8) is 0 Å². The molecule has 0 bridgehead atoms. The van der Waals surface area contributed by atoms with E-state index in [1.54, 1.807) is 0 Å². The Morgan fingerprint density at radius 2 is 0.974 bits per heavy atom. The second-order valence-electron chi connectivity index (χ2n) is 22.7. The van der Waals surface area contributed by atoms with Crippen molar-refractivity contribution in [2.75, 3.05) is 14.7 Å². The van der Waals surface area contributed by atoms with E-state index in [-0.39, 0.29) is 17.5 Å². The molecule has 366 valence electrons. The minimum atomic E-state index is -0.202. The number of hydrogen-bond donors (Lipinski definition) is 0. The van der Waals surface area contributed by atoms with Crippen molar-refractivity contribution in [1.29, 1.82) is 0 Å². The average Bonchev–Trinajstić information content (AvgIpc) is 4.16. The summed E-state index contributed by atoms with van der Waals surface area (Å²) in [6.07, 6.45) is 9.11. The molecular formula is C72H55BN4. The zero-order valence-corrected chi connectivity index (χ0v) is 43.8. The fourth-order valence-electron chi connectivity index (χ4n) is 14.6. The summed E-state index contributed by atoms with van der Waals surface area (Å²) in [4.78, 5) is 7.83. The Kier molecular flexibility index (Phi) is 9.33. The zero-order valence-electron chi connectivity index (χ0n) is 43.8. The standard InChI is InChI=1S/C72H55BN4/c1-71(2)54-35-20-17-32-51(54)65-56(71)40-42-58-69(65)76(48-28-13-7-14-29-48)63-44-50(74(46-24-9-5-10-25-46)61-38-23-39-62-67(61)53-34-19-22-37-60(53)75(62)47-26-11-6-12-27-47)45-64-68(63)73(58)59-43-41-57-66(52-33-18-21-36-55(52)72(57,3)4)70(59)77(64)49-30-15-8-16-31-49/h5,7-11,13-45H,6,12H2,1-4H3. The lowest BCUT2D eigenvalue weighted by atomic mass is 9.33. The smallest absolute Gasteiger partial charge is 0.252 e. The second-order valence-corrected chi connectivity index (χ2v) is 22.7. The van der Waals surface area contributed by atoms with Crippen LogP contribution in [-0.2, 0) is 10.8 Å². The van der Waals surface area contributed by atoms with Gasteiger partial charge in [-0.15, -0.1) is 0 Å². The number of hydrogen-bond acceptors (Lipinski definition) is 3. The molecule has 0 radical (unpaired) electrons. The third-order valence-corrected chi connectivity index (χ3v) is 17.9. The molecule has 5 aliphatic rings. The molecule has 3 heterocycles. The van der Waals surface area contributed by atoms with E-state index in [0.29, 0.717) is 0 Å². The molecule has 0 unspecified atom stereocenters. The first-order valence-corrected chi connectivity index (χ1v) is 27.5. The molecular weight excluding hydrogens is 932 g/mol.